The first-order valence-corrected chi connectivity index (χ1v) is 11.7. The van der Waals surface area contributed by atoms with Gasteiger partial charge in [0.2, 0.25) is 0 Å². The van der Waals surface area contributed by atoms with E-state index in [9.17, 15) is 9.59 Å². The lowest BCUT2D eigenvalue weighted by atomic mass is 10.1. The molecule has 35 heavy (non-hydrogen) atoms. The summed E-state index contributed by atoms with van der Waals surface area (Å²) in [5.74, 6) is 1.63. The number of carbonyl (C=O) groups is 2. The zero-order chi connectivity index (χ0) is 24.9. The van der Waals surface area contributed by atoms with Crippen LogP contribution in [0.5, 0.6) is 17.2 Å². The quantitative estimate of drug-likeness (QED) is 0.482. The molecule has 3 aromatic carbocycles. The fraction of sp³-hybridized carbons (Fsp3) is 0.185. The normalized spacial score (nSPS) is 13.9. The molecule has 1 aliphatic rings. The van der Waals surface area contributed by atoms with Crippen LogP contribution in [0.3, 0.4) is 0 Å². The highest BCUT2D eigenvalue weighted by Gasteiger charge is 2.27. The third-order valence-corrected chi connectivity index (χ3v) is 6.71. The van der Waals surface area contributed by atoms with Crippen molar-refractivity contribution in [2.24, 2.45) is 0 Å². The minimum Gasteiger partial charge on any atom is -0.497 e. The molecule has 0 atom stereocenters. The number of benzene rings is 3. The molecule has 8 heteroatoms. The first-order chi connectivity index (χ1) is 16.9. The van der Waals surface area contributed by atoms with Gasteiger partial charge in [0.1, 0.15) is 5.75 Å². The van der Waals surface area contributed by atoms with Gasteiger partial charge in [-0.1, -0.05) is 30.0 Å². The molecule has 0 saturated heterocycles. The Labute approximate surface area is 208 Å². The molecular formula is C27H26N2O5S. The Morgan fingerprint density at radius 1 is 0.943 bits per heavy atom. The maximum absolute atomic E-state index is 13.1. The zero-order valence-corrected chi connectivity index (χ0v) is 20.8. The number of fused-ring (bicyclic) bond motifs is 1. The van der Waals surface area contributed by atoms with E-state index < -0.39 is 0 Å². The van der Waals surface area contributed by atoms with Gasteiger partial charge in [0.05, 0.1) is 31.9 Å². The third kappa shape index (κ3) is 5.27. The van der Waals surface area contributed by atoms with Gasteiger partial charge < -0.3 is 24.4 Å². The lowest BCUT2D eigenvalue weighted by molar-refractivity contribution is -0.114. The van der Waals surface area contributed by atoms with Gasteiger partial charge in [-0.15, -0.1) is 0 Å². The SMILES string of the molecule is COc1ccc(CNC(=O)c2ccc3c(c2)N(C)C(=O)C(=Cc2ccc(OC)c(OC)c2)S3)cc1. The number of hydrogen-bond acceptors (Lipinski definition) is 6. The van der Waals surface area contributed by atoms with Crippen molar-refractivity contribution in [2.45, 2.75) is 11.4 Å². The largest absolute Gasteiger partial charge is 0.497 e. The lowest BCUT2D eigenvalue weighted by Gasteiger charge is -2.27. The van der Waals surface area contributed by atoms with Gasteiger partial charge in [-0.2, -0.15) is 0 Å². The number of thioether (sulfide) groups is 1. The highest BCUT2D eigenvalue weighted by atomic mass is 32.2. The Hall–Kier alpha value is -3.91. The van der Waals surface area contributed by atoms with Crippen molar-refractivity contribution in [2.75, 3.05) is 33.3 Å². The number of nitrogens with one attached hydrogen (secondary N) is 1. The summed E-state index contributed by atoms with van der Waals surface area (Å²) in [4.78, 5) is 28.9. The van der Waals surface area contributed by atoms with Crippen molar-refractivity contribution >= 4 is 35.3 Å². The maximum Gasteiger partial charge on any atom is 0.264 e. The highest BCUT2D eigenvalue weighted by Crippen LogP contribution is 2.42. The van der Waals surface area contributed by atoms with E-state index in [1.54, 1.807) is 51.5 Å². The first-order valence-electron chi connectivity index (χ1n) is 10.9. The summed E-state index contributed by atoms with van der Waals surface area (Å²) in [6.07, 6.45) is 1.82. The van der Waals surface area contributed by atoms with Crippen molar-refractivity contribution in [3.8, 4) is 17.2 Å². The molecule has 0 fully saturated rings. The van der Waals surface area contributed by atoms with Crippen LogP contribution in [0.25, 0.3) is 6.08 Å². The topological polar surface area (TPSA) is 77.1 Å². The molecule has 2 amide bonds. The number of hydrogen-bond donors (Lipinski definition) is 1. The fourth-order valence-electron chi connectivity index (χ4n) is 3.66. The number of likely N-dealkylation sites (N-methyl/N-ethyl adjacent to an activating group) is 1. The van der Waals surface area contributed by atoms with Crippen molar-refractivity contribution in [3.63, 3.8) is 0 Å². The number of carbonyl (C=O) groups excluding carboxylic acids is 2. The molecule has 0 saturated carbocycles. The molecule has 0 aromatic heterocycles. The lowest BCUT2D eigenvalue weighted by Crippen LogP contribution is -2.31. The van der Waals surface area contributed by atoms with E-state index in [-0.39, 0.29) is 11.8 Å². The monoisotopic (exact) mass is 490 g/mol. The summed E-state index contributed by atoms with van der Waals surface area (Å²) in [5.41, 5.74) is 2.97. The molecule has 3 aromatic rings. The molecule has 180 valence electrons. The van der Waals surface area contributed by atoms with Crippen LogP contribution < -0.4 is 24.4 Å². The maximum atomic E-state index is 13.1. The van der Waals surface area contributed by atoms with E-state index in [0.29, 0.717) is 34.2 Å². The van der Waals surface area contributed by atoms with Crippen LogP contribution in [0, 0.1) is 0 Å². The molecule has 0 radical (unpaired) electrons. The molecule has 4 rings (SSSR count). The van der Waals surface area contributed by atoms with Crippen LogP contribution >= 0.6 is 11.8 Å². The predicted octanol–water partition coefficient (Wildman–Crippen LogP) is 4.75. The van der Waals surface area contributed by atoms with Crippen LogP contribution in [0.2, 0.25) is 0 Å². The standard InChI is InChI=1S/C27H26N2O5S/c1-29-21-15-19(26(30)28-16-17-5-9-20(32-2)10-6-17)8-12-24(21)35-25(27(29)31)14-18-7-11-22(33-3)23(13-18)34-4/h5-15H,16H2,1-4H3,(H,28,30). The highest BCUT2D eigenvalue weighted by molar-refractivity contribution is 8.04. The summed E-state index contributed by atoms with van der Waals surface area (Å²) in [5, 5.41) is 2.92. The van der Waals surface area contributed by atoms with Gasteiger partial charge in [0.15, 0.2) is 11.5 Å². The van der Waals surface area contributed by atoms with Gasteiger partial charge in [0.25, 0.3) is 11.8 Å². The van der Waals surface area contributed by atoms with Crippen molar-refractivity contribution in [3.05, 3.63) is 82.3 Å². The van der Waals surface area contributed by atoms with Crippen LogP contribution in [-0.2, 0) is 11.3 Å². The Balaban J connectivity index is 1.51. The summed E-state index contributed by atoms with van der Waals surface area (Å²) >= 11 is 1.38. The molecule has 0 aliphatic carbocycles. The van der Waals surface area contributed by atoms with E-state index in [0.717, 1.165) is 21.8 Å². The molecule has 0 spiro atoms. The van der Waals surface area contributed by atoms with Gasteiger partial charge >= 0.3 is 0 Å². The number of ether oxygens (including phenoxy) is 3. The molecule has 1 N–H and O–H groups in total. The van der Waals surface area contributed by atoms with Crippen LogP contribution in [0.1, 0.15) is 21.5 Å². The number of nitrogens with zero attached hydrogens (tertiary/aromatic N) is 1. The number of anilines is 1. The van der Waals surface area contributed by atoms with E-state index in [4.69, 9.17) is 14.2 Å². The van der Waals surface area contributed by atoms with E-state index in [2.05, 4.69) is 5.32 Å². The Kier molecular flexibility index (Phi) is 7.31. The second-order valence-electron chi connectivity index (χ2n) is 7.80. The van der Waals surface area contributed by atoms with E-state index >= 15 is 0 Å². The molecule has 0 bridgehead atoms. The van der Waals surface area contributed by atoms with Gasteiger partial charge in [-0.25, -0.2) is 0 Å². The second-order valence-corrected chi connectivity index (χ2v) is 8.89. The van der Waals surface area contributed by atoms with Crippen LogP contribution in [-0.4, -0.2) is 40.2 Å². The first kappa shape index (κ1) is 24.2. The minimum absolute atomic E-state index is 0.145. The van der Waals surface area contributed by atoms with E-state index in [1.165, 1.54) is 11.8 Å². The summed E-state index contributed by atoms with van der Waals surface area (Å²) in [6, 6.07) is 18.4. The third-order valence-electron chi connectivity index (χ3n) is 5.64. The average Bonchev–Trinajstić information content (AvgIpc) is 2.90. The van der Waals surface area contributed by atoms with Crippen molar-refractivity contribution < 1.29 is 23.8 Å². The molecule has 1 aliphatic heterocycles. The average molecular weight is 491 g/mol. The summed E-state index contributed by atoms with van der Waals surface area (Å²) < 4.78 is 15.8. The van der Waals surface area contributed by atoms with Crippen molar-refractivity contribution in [1.29, 1.82) is 0 Å². The second kappa shape index (κ2) is 10.6. The van der Waals surface area contributed by atoms with Crippen LogP contribution in [0.4, 0.5) is 5.69 Å². The Bertz CT molecular complexity index is 1290. The number of rotatable bonds is 7. The number of amides is 2. The molecule has 7 nitrogen and oxygen atoms in total. The van der Waals surface area contributed by atoms with Crippen LogP contribution in [0.15, 0.2) is 70.5 Å². The van der Waals surface area contributed by atoms with E-state index in [1.807, 2.05) is 48.5 Å². The number of methoxy groups -OCH3 is 3. The summed E-state index contributed by atoms with van der Waals surface area (Å²) in [7, 11) is 6.48. The van der Waals surface area contributed by atoms with Gasteiger partial charge in [0, 0.05) is 24.1 Å². The molecule has 1 heterocycles. The molecule has 0 unspecified atom stereocenters. The minimum atomic E-state index is -0.207. The Morgan fingerprint density at radius 2 is 1.69 bits per heavy atom. The predicted molar refractivity (Wildman–Crippen MR) is 137 cm³/mol. The Morgan fingerprint density at radius 3 is 2.37 bits per heavy atom. The van der Waals surface area contributed by atoms with Gasteiger partial charge in [-0.3, -0.25) is 9.59 Å². The zero-order valence-electron chi connectivity index (χ0n) is 20.0. The fourth-order valence-corrected chi connectivity index (χ4v) is 4.75. The van der Waals surface area contributed by atoms with Crippen molar-refractivity contribution in [1.82, 2.24) is 5.32 Å². The summed E-state index contributed by atoms with van der Waals surface area (Å²) in [6.45, 7) is 0.391. The van der Waals surface area contributed by atoms with Gasteiger partial charge in [-0.05, 0) is 59.7 Å². The smallest absolute Gasteiger partial charge is 0.264 e. The molecular weight excluding hydrogens is 464 g/mol.